The van der Waals surface area contributed by atoms with E-state index < -0.39 is 10.8 Å². The Hall–Kier alpha value is -9.13. The van der Waals surface area contributed by atoms with Crippen LogP contribution in [-0.4, -0.2) is 29.5 Å². The average molecular weight is 885 g/mol. The zero-order valence-corrected chi connectivity index (χ0v) is 37.6. The first-order valence-electron chi connectivity index (χ1n) is 23.2. The van der Waals surface area contributed by atoms with Crippen LogP contribution in [0.5, 0.6) is 0 Å². The first-order valence-corrected chi connectivity index (χ1v) is 23.2. The maximum Gasteiger partial charge on any atom is 0.237 e. The highest BCUT2D eigenvalue weighted by Gasteiger charge is 2.41. The van der Waals surface area contributed by atoms with Gasteiger partial charge in [0.05, 0.1) is 33.3 Å². The van der Waals surface area contributed by atoms with E-state index in [0.29, 0.717) is 5.95 Å². The van der Waals surface area contributed by atoms with Crippen molar-refractivity contribution in [3.63, 3.8) is 0 Å². The topological polar surface area (TPSA) is 69.4 Å². The van der Waals surface area contributed by atoms with Crippen LogP contribution in [0, 0.1) is 0 Å². The first-order chi connectivity index (χ1) is 34.2. The molecule has 0 unspecified atom stereocenters. The van der Waals surface area contributed by atoms with Crippen LogP contribution in [0.25, 0.3) is 50.3 Å². The van der Waals surface area contributed by atoms with Gasteiger partial charge in [-0.25, -0.2) is 15.0 Å². The zero-order chi connectivity index (χ0) is 46.0. The fourth-order valence-electron chi connectivity index (χ4n) is 10.7. The van der Waals surface area contributed by atoms with Gasteiger partial charge in [0.25, 0.3) is 0 Å². The van der Waals surface area contributed by atoms with E-state index in [1.807, 2.05) is 36.7 Å². The lowest BCUT2D eigenvalue weighted by Gasteiger charge is -2.37. The lowest BCUT2D eigenvalue weighted by atomic mass is 9.64. The predicted octanol–water partition coefficient (Wildman–Crippen LogP) is 13.9. The van der Waals surface area contributed by atoms with Crippen LogP contribution >= 0.6 is 0 Å². The molecule has 0 aliphatic heterocycles. The number of hydrogen-bond donors (Lipinski definition) is 0. The van der Waals surface area contributed by atoms with Crippen LogP contribution < -0.4 is 0 Å². The molecule has 326 valence electrons. The van der Waals surface area contributed by atoms with Gasteiger partial charge in [-0.15, -0.1) is 0 Å². The maximum absolute atomic E-state index is 4.87. The van der Waals surface area contributed by atoms with Crippen LogP contribution in [0.1, 0.15) is 44.5 Å². The molecule has 0 radical (unpaired) electrons. The molecule has 4 aromatic heterocycles. The molecule has 0 spiro atoms. The third-order valence-corrected chi connectivity index (χ3v) is 13.7. The average Bonchev–Trinajstić information content (AvgIpc) is 3.76. The minimum absolute atomic E-state index is 0.531. The van der Waals surface area contributed by atoms with E-state index in [9.17, 15) is 0 Å². The Labute approximate surface area is 401 Å². The van der Waals surface area contributed by atoms with Crippen LogP contribution in [-0.2, 0) is 10.8 Å². The molecular formula is C63H44N6. The standard InChI is InChI=1S/C63H44N6/c1-5-21-47(22-6-1)62(48-23-7-2-8-24-48,51-29-17-19-45(39-51)57-31-13-15-37-65-57)53-33-35-55-56-36-34-54(42-60(56)69(59(55)41-53)61-67-43-64-44-68-61)63(49-25-9-3-10-26-49,50-27-11-4-12-28-50)52-30-18-20-46(40-52)58-32-14-16-38-66-58/h1-44H. The molecule has 0 amide bonds. The molecule has 12 rings (SSSR count). The molecule has 6 nitrogen and oxygen atoms in total. The minimum Gasteiger partial charge on any atom is -0.278 e. The molecule has 0 fully saturated rings. The van der Waals surface area contributed by atoms with E-state index >= 15 is 0 Å². The molecule has 0 saturated heterocycles. The van der Waals surface area contributed by atoms with Gasteiger partial charge in [0.2, 0.25) is 5.95 Å². The third kappa shape index (κ3) is 7.00. The summed E-state index contributed by atoms with van der Waals surface area (Å²) in [4.78, 5) is 23.6. The summed E-state index contributed by atoms with van der Waals surface area (Å²) in [6, 6.07) is 87.1. The zero-order valence-electron chi connectivity index (χ0n) is 37.6. The van der Waals surface area contributed by atoms with E-state index in [0.717, 1.165) is 88.8 Å². The van der Waals surface area contributed by atoms with E-state index in [1.165, 1.54) is 0 Å². The SMILES string of the molecule is c1ccc(C(c2ccccc2)(c2cccc(-c3ccccn3)c2)c2ccc3c4ccc(C(c5ccccc5)(c5ccccc5)c5cccc(-c6ccccn6)c5)cc4n(-c4ncncn4)c3c2)cc1. The summed E-state index contributed by atoms with van der Waals surface area (Å²) in [6.45, 7) is 0. The van der Waals surface area contributed by atoms with Gasteiger partial charge < -0.3 is 0 Å². The second-order valence-corrected chi connectivity index (χ2v) is 17.3. The molecule has 0 bridgehead atoms. The molecule has 8 aromatic carbocycles. The molecule has 0 aliphatic rings. The summed E-state index contributed by atoms with van der Waals surface area (Å²) in [6.07, 6.45) is 6.87. The maximum atomic E-state index is 4.87. The van der Waals surface area contributed by atoms with Gasteiger partial charge in [-0.3, -0.25) is 14.5 Å². The highest BCUT2D eigenvalue weighted by atomic mass is 15.2. The molecule has 0 N–H and O–H groups in total. The van der Waals surface area contributed by atoms with Crippen molar-refractivity contribution in [1.82, 2.24) is 29.5 Å². The molecule has 0 atom stereocenters. The molecule has 0 saturated carbocycles. The number of nitrogens with zero attached hydrogens (tertiary/aromatic N) is 6. The molecule has 69 heavy (non-hydrogen) atoms. The monoisotopic (exact) mass is 884 g/mol. The minimum atomic E-state index is -0.749. The van der Waals surface area contributed by atoms with Crippen LogP contribution in [0.2, 0.25) is 0 Å². The van der Waals surface area contributed by atoms with Crippen molar-refractivity contribution in [3.05, 3.63) is 312 Å². The Kier molecular flexibility index (Phi) is 10.5. The Balaban J connectivity index is 1.17. The lowest BCUT2D eigenvalue weighted by molar-refractivity contribution is 0.745. The van der Waals surface area contributed by atoms with E-state index in [1.54, 1.807) is 12.7 Å². The van der Waals surface area contributed by atoms with Gasteiger partial charge in [0, 0.05) is 34.3 Å². The Morgan fingerprint density at radius 2 is 0.652 bits per heavy atom. The summed E-state index contributed by atoms with van der Waals surface area (Å²) >= 11 is 0. The number of pyridine rings is 2. The van der Waals surface area contributed by atoms with E-state index in [-0.39, 0.29) is 0 Å². The van der Waals surface area contributed by atoms with Gasteiger partial charge in [0.1, 0.15) is 12.7 Å². The fraction of sp³-hybridized carbons (Fsp3) is 0.0317. The number of rotatable bonds is 11. The first kappa shape index (κ1) is 41.3. The van der Waals surface area contributed by atoms with Gasteiger partial charge in [-0.05, 0) is 93.0 Å². The van der Waals surface area contributed by atoms with E-state index in [4.69, 9.17) is 19.9 Å². The second kappa shape index (κ2) is 17.6. The lowest BCUT2D eigenvalue weighted by Crippen LogP contribution is -2.31. The summed E-state index contributed by atoms with van der Waals surface area (Å²) < 4.78 is 2.22. The van der Waals surface area contributed by atoms with Gasteiger partial charge in [-0.1, -0.05) is 194 Å². The second-order valence-electron chi connectivity index (χ2n) is 17.3. The van der Waals surface area contributed by atoms with Crippen molar-refractivity contribution in [1.29, 1.82) is 0 Å². The largest absolute Gasteiger partial charge is 0.278 e. The molecule has 0 aliphatic carbocycles. The van der Waals surface area contributed by atoms with Gasteiger partial charge >= 0.3 is 0 Å². The van der Waals surface area contributed by atoms with Crippen molar-refractivity contribution in [2.75, 3.05) is 0 Å². The summed E-state index contributed by atoms with van der Waals surface area (Å²) in [5.74, 6) is 0.531. The highest BCUT2D eigenvalue weighted by Crippen LogP contribution is 2.50. The number of hydrogen-bond acceptors (Lipinski definition) is 5. The van der Waals surface area contributed by atoms with Crippen molar-refractivity contribution in [3.8, 4) is 28.5 Å². The fourth-order valence-corrected chi connectivity index (χ4v) is 10.7. The number of aromatic nitrogens is 6. The molecule has 4 heterocycles. The highest BCUT2D eigenvalue weighted by molar-refractivity contribution is 6.09. The van der Waals surface area contributed by atoms with E-state index in [2.05, 4.69) is 228 Å². The van der Waals surface area contributed by atoms with Crippen LogP contribution in [0.15, 0.2) is 268 Å². The van der Waals surface area contributed by atoms with Crippen LogP contribution in [0.4, 0.5) is 0 Å². The van der Waals surface area contributed by atoms with Crippen molar-refractivity contribution < 1.29 is 0 Å². The van der Waals surface area contributed by atoms with Crippen molar-refractivity contribution >= 4 is 21.8 Å². The third-order valence-electron chi connectivity index (χ3n) is 13.7. The molecular weight excluding hydrogens is 841 g/mol. The smallest absolute Gasteiger partial charge is 0.237 e. The van der Waals surface area contributed by atoms with Gasteiger partial charge in [0.15, 0.2) is 0 Å². The Morgan fingerprint density at radius 3 is 1.03 bits per heavy atom. The Morgan fingerprint density at radius 1 is 0.290 bits per heavy atom. The molecule has 12 aromatic rings. The number of fused-ring (bicyclic) bond motifs is 3. The van der Waals surface area contributed by atoms with Crippen molar-refractivity contribution in [2.45, 2.75) is 10.8 Å². The Bertz CT molecular complexity index is 3390. The van der Waals surface area contributed by atoms with Crippen LogP contribution in [0.3, 0.4) is 0 Å². The van der Waals surface area contributed by atoms with Crippen molar-refractivity contribution in [2.24, 2.45) is 0 Å². The predicted molar refractivity (Wildman–Crippen MR) is 277 cm³/mol. The molecule has 6 heteroatoms. The number of benzene rings is 8. The normalized spacial score (nSPS) is 11.8. The quantitative estimate of drug-likeness (QED) is 0.121. The summed E-state index contributed by atoms with van der Waals surface area (Å²) in [7, 11) is 0. The summed E-state index contributed by atoms with van der Waals surface area (Å²) in [5.41, 5.74) is 13.4. The summed E-state index contributed by atoms with van der Waals surface area (Å²) in [5, 5.41) is 2.17. The van der Waals surface area contributed by atoms with Gasteiger partial charge in [-0.2, -0.15) is 0 Å².